The van der Waals surface area contributed by atoms with Gasteiger partial charge in [-0.25, -0.2) is 4.79 Å². The smallest absolute Gasteiger partial charge is 0.328 e. The van der Waals surface area contributed by atoms with E-state index in [4.69, 9.17) is 4.74 Å². The van der Waals surface area contributed by atoms with Crippen LogP contribution >= 0.6 is 0 Å². The molecule has 1 fully saturated rings. The summed E-state index contributed by atoms with van der Waals surface area (Å²) in [5.41, 5.74) is 0. The zero-order valence-electron chi connectivity index (χ0n) is 9.90. The number of aliphatic hydroxyl groups excluding tert-OH is 1. The van der Waals surface area contributed by atoms with Crippen LogP contribution in [-0.2, 0) is 14.3 Å². The van der Waals surface area contributed by atoms with Gasteiger partial charge >= 0.3 is 5.97 Å². The molecular formula is C11H19NO4. The molecule has 0 radical (unpaired) electrons. The van der Waals surface area contributed by atoms with Crippen LogP contribution in [0, 0.1) is 11.8 Å². The second kappa shape index (κ2) is 5.30. The second-order valence-corrected chi connectivity index (χ2v) is 4.08. The highest BCUT2D eigenvalue weighted by Gasteiger charge is 2.47. The highest BCUT2D eigenvalue weighted by Crippen LogP contribution is 2.30. The third kappa shape index (κ3) is 2.35. The Morgan fingerprint density at radius 3 is 2.62 bits per heavy atom. The van der Waals surface area contributed by atoms with Crippen molar-refractivity contribution in [2.24, 2.45) is 11.8 Å². The lowest BCUT2D eigenvalue weighted by molar-refractivity contribution is -0.147. The Balaban J connectivity index is 2.81. The van der Waals surface area contributed by atoms with E-state index in [9.17, 15) is 14.7 Å². The molecule has 1 heterocycles. The van der Waals surface area contributed by atoms with Crippen LogP contribution in [0.2, 0.25) is 0 Å². The van der Waals surface area contributed by atoms with Gasteiger partial charge in [-0.15, -0.1) is 0 Å². The Labute approximate surface area is 95.2 Å². The molecule has 0 aromatic carbocycles. The lowest BCUT2D eigenvalue weighted by atomic mass is 9.85. The number of carbonyl (C=O) groups is 2. The monoisotopic (exact) mass is 229 g/mol. The van der Waals surface area contributed by atoms with Crippen LogP contribution in [-0.4, -0.2) is 35.7 Å². The van der Waals surface area contributed by atoms with Crippen molar-refractivity contribution >= 4 is 11.9 Å². The summed E-state index contributed by atoms with van der Waals surface area (Å²) in [4.78, 5) is 23.2. The molecular weight excluding hydrogens is 210 g/mol. The van der Waals surface area contributed by atoms with Crippen LogP contribution in [0.3, 0.4) is 0 Å². The fourth-order valence-electron chi connectivity index (χ4n) is 2.29. The predicted octanol–water partition coefficient (Wildman–Crippen LogP) is 0.0711. The average molecular weight is 229 g/mol. The molecule has 0 aromatic rings. The van der Waals surface area contributed by atoms with E-state index in [1.54, 1.807) is 13.8 Å². The maximum atomic E-state index is 11.6. The highest BCUT2D eigenvalue weighted by atomic mass is 16.5. The first-order valence-corrected chi connectivity index (χ1v) is 5.68. The number of hydrogen-bond acceptors (Lipinski definition) is 4. The summed E-state index contributed by atoms with van der Waals surface area (Å²) < 4.78 is 4.90. The molecule has 1 aliphatic rings. The van der Waals surface area contributed by atoms with Gasteiger partial charge in [-0.3, -0.25) is 4.79 Å². The van der Waals surface area contributed by atoms with Crippen LogP contribution in [0.25, 0.3) is 0 Å². The number of aliphatic hydroxyl groups is 1. The summed E-state index contributed by atoms with van der Waals surface area (Å²) in [6.45, 7) is 5.48. The molecule has 1 amide bonds. The quantitative estimate of drug-likeness (QED) is 0.669. The molecule has 92 valence electrons. The highest BCUT2D eigenvalue weighted by molar-refractivity contribution is 5.90. The van der Waals surface area contributed by atoms with Crippen molar-refractivity contribution in [3.05, 3.63) is 0 Å². The van der Waals surface area contributed by atoms with Crippen molar-refractivity contribution in [1.82, 2.24) is 5.32 Å². The number of ether oxygens (including phenoxy) is 1. The summed E-state index contributed by atoms with van der Waals surface area (Å²) in [6, 6.07) is -0.614. The number of rotatable bonds is 4. The minimum Gasteiger partial charge on any atom is -0.464 e. The van der Waals surface area contributed by atoms with Gasteiger partial charge in [0.25, 0.3) is 0 Å². The standard InChI is InChI=1S/C11H19NO4/c1-4-7-8(6(3)13)10(14)12-9(7)11(15)16-5-2/h6-9,13H,4-5H2,1-3H3,(H,12,14)/t6-,7+,8+,9+/m1/s1. The van der Waals surface area contributed by atoms with Gasteiger partial charge < -0.3 is 15.2 Å². The first kappa shape index (κ1) is 13.0. The van der Waals surface area contributed by atoms with Crippen molar-refractivity contribution in [3.8, 4) is 0 Å². The Morgan fingerprint density at radius 2 is 2.19 bits per heavy atom. The van der Waals surface area contributed by atoms with Gasteiger partial charge in [0.1, 0.15) is 6.04 Å². The molecule has 0 bridgehead atoms. The van der Waals surface area contributed by atoms with Crippen LogP contribution in [0.1, 0.15) is 27.2 Å². The number of amides is 1. The zero-order chi connectivity index (χ0) is 12.3. The first-order valence-electron chi connectivity index (χ1n) is 5.68. The molecule has 16 heavy (non-hydrogen) atoms. The van der Waals surface area contributed by atoms with Gasteiger partial charge in [-0.2, -0.15) is 0 Å². The van der Waals surface area contributed by atoms with E-state index in [0.717, 1.165) is 0 Å². The van der Waals surface area contributed by atoms with Gasteiger partial charge in [0.15, 0.2) is 0 Å². The van der Waals surface area contributed by atoms with Gasteiger partial charge in [0.05, 0.1) is 18.6 Å². The maximum absolute atomic E-state index is 11.6. The van der Waals surface area contributed by atoms with Crippen molar-refractivity contribution in [2.45, 2.75) is 39.3 Å². The van der Waals surface area contributed by atoms with Gasteiger partial charge in [-0.05, 0) is 20.3 Å². The fourth-order valence-corrected chi connectivity index (χ4v) is 2.29. The molecule has 0 aromatic heterocycles. The van der Waals surface area contributed by atoms with Crippen molar-refractivity contribution in [2.75, 3.05) is 6.61 Å². The third-order valence-corrected chi connectivity index (χ3v) is 3.02. The fraction of sp³-hybridized carbons (Fsp3) is 0.818. The maximum Gasteiger partial charge on any atom is 0.328 e. The van der Waals surface area contributed by atoms with Gasteiger partial charge in [0, 0.05) is 5.92 Å². The molecule has 0 aliphatic carbocycles. The molecule has 5 nitrogen and oxygen atoms in total. The van der Waals surface area contributed by atoms with Crippen LogP contribution in [0.4, 0.5) is 0 Å². The van der Waals surface area contributed by atoms with E-state index >= 15 is 0 Å². The van der Waals surface area contributed by atoms with E-state index in [0.29, 0.717) is 13.0 Å². The van der Waals surface area contributed by atoms with Crippen molar-refractivity contribution < 1.29 is 19.4 Å². The minimum absolute atomic E-state index is 0.188. The van der Waals surface area contributed by atoms with E-state index in [2.05, 4.69) is 5.32 Å². The number of nitrogens with one attached hydrogen (secondary N) is 1. The number of esters is 1. The van der Waals surface area contributed by atoms with E-state index < -0.39 is 24.0 Å². The topological polar surface area (TPSA) is 75.6 Å². The second-order valence-electron chi connectivity index (χ2n) is 4.08. The zero-order valence-corrected chi connectivity index (χ0v) is 9.90. The summed E-state index contributed by atoms with van der Waals surface area (Å²) >= 11 is 0. The van der Waals surface area contributed by atoms with E-state index in [1.807, 2.05) is 6.92 Å². The van der Waals surface area contributed by atoms with Crippen LogP contribution in [0.5, 0.6) is 0 Å². The summed E-state index contributed by atoms with van der Waals surface area (Å²) in [7, 11) is 0. The average Bonchev–Trinajstić information content (AvgIpc) is 2.55. The van der Waals surface area contributed by atoms with Crippen molar-refractivity contribution in [3.63, 3.8) is 0 Å². The normalized spacial score (nSPS) is 31.0. The molecule has 0 unspecified atom stereocenters. The Hall–Kier alpha value is -1.10. The number of hydrogen-bond donors (Lipinski definition) is 2. The molecule has 1 rings (SSSR count). The molecule has 2 N–H and O–H groups in total. The molecule has 1 aliphatic heterocycles. The molecule has 0 spiro atoms. The Kier molecular flexibility index (Phi) is 4.29. The molecule has 5 heteroatoms. The molecule has 0 saturated carbocycles. The molecule has 4 atom stereocenters. The Morgan fingerprint density at radius 1 is 1.56 bits per heavy atom. The molecule has 1 saturated heterocycles. The lowest BCUT2D eigenvalue weighted by Crippen LogP contribution is -2.38. The van der Waals surface area contributed by atoms with Gasteiger partial charge in [0.2, 0.25) is 5.91 Å². The van der Waals surface area contributed by atoms with Crippen LogP contribution < -0.4 is 5.32 Å². The van der Waals surface area contributed by atoms with Gasteiger partial charge in [-0.1, -0.05) is 6.92 Å². The van der Waals surface area contributed by atoms with E-state index in [1.165, 1.54) is 0 Å². The summed E-state index contributed by atoms with van der Waals surface area (Å²) in [6.07, 6.45) is -0.0954. The third-order valence-electron chi connectivity index (χ3n) is 3.02. The first-order chi connectivity index (χ1) is 7.52. The lowest BCUT2D eigenvalue weighted by Gasteiger charge is -2.21. The summed E-state index contributed by atoms with van der Waals surface area (Å²) in [5.74, 6) is -1.38. The Bertz CT molecular complexity index is 277. The SMILES string of the molecule is CCOC(=O)[C@H]1NC(=O)[C@@H]([C@@H](C)O)[C@@H]1CC. The minimum atomic E-state index is -0.746. The predicted molar refractivity (Wildman–Crippen MR) is 57.5 cm³/mol. The summed E-state index contributed by atoms with van der Waals surface area (Å²) in [5, 5.41) is 12.1. The van der Waals surface area contributed by atoms with Crippen molar-refractivity contribution in [1.29, 1.82) is 0 Å². The number of carbonyl (C=O) groups excluding carboxylic acids is 2. The van der Waals surface area contributed by atoms with E-state index in [-0.39, 0.29) is 11.8 Å². The largest absolute Gasteiger partial charge is 0.464 e. The van der Waals surface area contributed by atoms with Crippen LogP contribution in [0.15, 0.2) is 0 Å².